The van der Waals surface area contributed by atoms with Crippen LogP contribution in [-0.2, 0) is 10.0 Å². The number of sulfonamides is 1. The van der Waals surface area contributed by atoms with Gasteiger partial charge in [-0.05, 0) is 48.9 Å². The highest BCUT2D eigenvalue weighted by molar-refractivity contribution is 7.92. The van der Waals surface area contributed by atoms with Gasteiger partial charge >= 0.3 is 0 Å². The molecule has 0 aliphatic rings. The Labute approximate surface area is 181 Å². The van der Waals surface area contributed by atoms with Crippen molar-refractivity contribution in [3.63, 3.8) is 0 Å². The number of halogens is 4. The van der Waals surface area contributed by atoms with Gasteiger partial charge in [-0.3, -0.25) is 9.52 Å². The second kappa shape index (κ2) is 8.59. The molecular weight excluding hydrogens is 457 g/mol. The summed E-state index contributed by atoms with van der Waals surface area (Å²) in [6.45, 7) is 1.58. The van der Waals surface area contributed by atoms with Crippen molar-refractivity contribution in [3.05, 3.63) is 87.4 Å². The van der Waals surface area contributed by atoms with Crippen molar-refractivity contribution in [2.24, 2.45) is 0 Å². The fourth-order valence-electron chi connectivity index (χ4n) is 2.61. The van der Waals surface area contributed by atoms with Crippen LogP contribution in [0.25, 0.3) is 0 Å². The lowest BCUT2D eigenvalue weighted by molar-refractivity contribution is 0.102. The Kier molecular flexibility index (Phi) is 6.30. The standard InChI is InChI=1S/C20H14Cl2F2N2O3S/c1-11-6-7-12(25-20(27)13-9-16(23)17(24)10-15(13)22)8-19(11)30(28,29)26-18-5-3-2-4-14(18)21/h2-10,26H,1H3,(H,25,27). The molecule has 30 heavy (non-hydrogen) atoms. The van der Waals surface area contributed by atoms with Crippen LogP contribution in [0.4, 0.5) is 20.2 Å². The van der Waals surface area contributed by atoms with Crippen molar-refractivity contribution in [1.82, 2.24) is 0 Å². The largest absolute Gasteiger partial charge is 0.322 e. The molecule has 3 rings (SSSR count). The van der Waals surface area contributed by atoms with Crippen LogP contribution in [0.2, 0.25) is 10.0 Å². The molecule has 2 N–H and O–H groups in total. The minimum atomic E-state index is -4.03. The summed E-state index contributed by atoms with van der Waals surface area (Å²) in [5, 5.41) is 2.36. The number of anilines is 2. The smallest absolute Gasteiger partial charge is 0.262 e. The van der Waals surface area contributed by atoms with E-state index in [-0.39, 0.29) is 31.9 Å². The average Bonchev–Trinajstić information content (AvgIpc) is 2.67. The summed E-state index contributed by atoms with van der Waals surface area (Å²) in [4.78, 5) is 12.3. The summed E-state index contributed by atoms with van der Waals surface area (Å²) in [6.07, 6.45) is 0. The number of aryl methyl sites for hydroxylation is 1. The van der Waals surface area contributed by atoms with Gasteiger partial charge in [-0.2, -0.15) is 0 Å². The van der Waals surface area contributed by atoms with E-state index < -0.39 is 27.6 Å². The van der Waals surface area contributed by atoms with Crippen LogP contribution >= 0.6 is 23.2 Å². The molecule has 0 fully saturated rings. The van der Waals surface area contributed by atoms with Gasteiger partial charge in [0, 0.05) is 5.69 Å². The Morgan fingerprint density at radius 2 is 1.60 bits per heavy atom. The van der Waals surface area contributed by atoms with E-state index in [9.17, 15) is 22.0 Å². The quantitative estimate of drug-likeness (QED) is 0.474. The highest BCUT2D eigenvalue weighted by Gasteiger charge is 2.20. The molecule has 0 saturated carbocycles. The first kappa shape index (κ1) is 22.0. The van der Waals surface area contributed by atoms with Gasteiger partial charge in [-0.1, -0.05) is 41.4 Å². The van der Waals surface area contributed by atoms with Gasteiger partial charge in [0.25, 0.3) is 15.9 Å². The van der Waals surface area contributed by atoms with E-state index in [1.165, 1.54) is 30.3 Å². The molecule has 0 aliphatic heterocycles. The van der Waals surface area contributed by atoms with Crippen molar-refractivity contribution in [2.45, 2.75) is 11.8 Å². The molecule has 0 spiro atoms. The number of hydrogen-bond donors (Lipinski definition) is 2. The molecule has 3 aromatic rings. The zero-order chi connectivity index (χ0) is 22.1. The van der Waals surface area contributed by atoms with Gasteiger partial charge in [0.05, 0.1) is 26.2 Å². The number of benzene rings is 3. The number of carbonyl (C=O) groups is 1. The van der Waals surface area contributed by atoms with Gasteiger partial charge < -0.3 is 5.32 Å². The molecule has 0 heterocycles. The normalized spacial score (nSPS) is 11.2. The number of amides is 1. The van der Waals surface area contributed by atoms with Crippen LogP contribution in [0.15, 0.2) is 59.5 Å². The van der Waals surface area contributed by atoms with Crippen molar-refractivity contribution in [2.75, 3.05) is 10.0 Å². The third-order valence-corrected chi connectivity index (χ3v) is 6.26. The fraction of sp³-hybridized carbons (Fsp3) is 0.0500. The first-order valence-corrected chi connectivity index (χ1v) is 10.7. The lowest BCUT2D eigenvalue weighted by Crippen LogP contribution is -2.17. The first-order chi connectivity index (χ1) is 14.1. The molecule has 10 heteroatoms. The molecule has 0 saturated heterocycles. The van der Waals surface area contributed by atoms with Crippen LogP contribution < -0.4 is 10.0 Å². The summed E-state index contributed by atoms with van der Waals surface area (Å²) >= 11 is 11.8. The van der Waals surface area contributed by atoms with Gasteiger partial charge in [-0.25, -0.2) is 17.2 Å². The second-order valence-electron chi connectivity index (χ2n) is 6.27. The maximum Gasteiger partial charge on any atom is 0.262 e. The Bertz CT molecular complexity index is 1250. The molecule has 0 atom stereocenters. The van der Waals surface area contributed by atoms with Crippen molar-refractivity contribution < 1.29 is 22.0 Å². The third kappa shape index (κ3) is 4.72. The van der Waals surface area contributed by atoms with E-state index in [2.05, 4.69) is 10.0 Å². The minimum absolute atomic E-state index is 0.100. The Morgan fingerprint density at radius 3 is 2.30 bits per heavy atom. The molecular formula is C20H14Cl2F2N2O3S. The summed E-state index contributed by atoms with van der Waals surface area (Å²) in [5.74, 6) is -3.25. The van der Waals surface area contributed by atoms with Gasteiger partial charge in [0.2, 0.25) is 0 Å². The second-order valence-corrected chi connectivity index (χ2v) is 8.73. The van der Waals surface area contributed by atoms with Gasteiger partial charge in [-0.15, -0.1) is 0 Å². The molecule has 5 nitrogen and oxygen atoms in total. The Hall–Kier alpha value is -2.68. The lowest BCUT2D eigenvalue weighted by atomic mass is 10.1. The fourth-order valence-corrected chi connectivity index (χ4v) is 4.43. The molecule has 3 aromatic carbocycles. The summed E-state index contributed by atoms with van der Waals surface area (Å²) in [7, 11) is -4.03. The zero-order valence-corrected chi connectivity index (χ0v) is 17.7. The van der Waals surface area contributed by atoms with E-state index in [1.54, 1.807) is 19.1 Å². The van der Waals surface area contributed by atoms with Crippen molar-refractivity contribution in [3.8, 4) is 0 Å². The van der Waals surface area contributed by atoms with E-state index >= 15 is 0 Å². The Balaban J connectivity index is 1.91. The molecule has 0 radical (unpaired) electrons. The van der Waals surface area contributed by atoms with Crippen LogP contribution in [-0.4, -0.2) is 14.3 Å². The first-order valence-electron chi connectivity index (χ1n) is 8.42. The van der Waals surface area contributed by atoms with Gasteiger partial charge in [0.1, 0.15) is 0 Å². The lowest BCUT2D eigenvalue weighted by Gasteiger charge is -2.14. The topological polar surface area (TPSA) is 75.3 Å². The zero-order valence-electron chi connectivity index (χ0n) is 15.3. The molecule has 0 aliphatic carbocycles. The van der Waals surface area contributed by atoms with Crippen molar-refractivity contribution >= 4 is 50.5 Å². The Morgan fingerprint density at radius 1 is 0.933 bits per heavy atom. The highest BCUT2D eigenvalue weighted by Crippen LogP contribution is 2.27. The summed E-state index contributed by atoms with van der Waals surface area (Å²) < 4.78 is 54.7. The maximum absolute atomic E-state index is 13.5. The number of nitrogens with one attached hydrogen (secondary N) is 2. The highest BCUT2D eigenvalue weighted by atomic mass is 35.5. The molecule has 0 bridgehead atoms. The monoisotopic (exact) mass is 470 g/mol. The third-order valence-electron chi connectivity index (χ3n) is 4.11. The number of rotatable bonds is 5. The predicted molar refractivity (Wildman–Crippen MR) is 113 cm³/mol. The van der Waals surface area contributed by atoms with Crippen LogP contribution in [0, 0.1) is 18.6 Å². The maximum atomic E-state index is 13.5. The van der Waals surface area contributed by atoms with Crippen LogP contribution in [0.3, 0.4) is 0 Å². The number of hydrogen-bond acceptors (Lipinski definition) is 3. The predicted octanol–water partition coefficient (Wildman–Crippen LogP) is 5.63. The molecule has 1 amide bonds. The van der Waals surface area contributed by atoms with E-state index in [0.717, 1.165) is 0 Å². The molecule has 156 valence electrons. The van der Waals surface area contributed by atoms with Crippen LogP contribution in [0.5, 0.6) is 0 Å². The summed E-state index contributed by atoms with van der Waals surface area (Å²) in [5.41, 5.74) is 0.431. The summed E-state index contributed by atoms with van der Waals surface area (Å²) in [6, 6.07) is 11.9. The van der Waals surface area contributed by atoms with E-state index in [0.29, 0.717) is 17.7 Å². The SMILES string of the molecule is Cc1ccc(NC(=O)c2cc(F)c(F)cc2Cl)cc1S(=O)(=O)Nc1ccccc1Cl. The molecule has 0 aromatic heterocycles. The minimum Gasteiger partial charge on any atom is -0.322 e. The number of para-hydroxylation sites is 1. The average molecular weight is 471 g/mol. The van der Waals surface area contributed by atoms with Gasteiger partial charge in [0.15, 0.2) is 11.6 Å². The molecule has 0 unspecified atom stereocenters. The van der Waals surface area contributed by atoms with Crippen molar-refractivity contribution in [1.29, 1.82) is 0 Å². The van der Waals surface area contributed by atoms with E-state index in [1.807, 2.05) is 0 Å². The number of carbonyl (C=O) groups excluding carboxylic acids is 1. The van der Waals surface area contributed by atoms with E-state index in [4.69, 9.17) is 23.2 Å². The van der Waals surface area contributed by atoms with Crippen LogP contribution in [0.1, 0.15) is 15.9 Å².